The molecule has 11 rings (SSSR count). The summed E-state index contributed by atoms with van der Waals surface area (Å²) in [6, 6.07) is 33.0. The monoisotopic (exact) mass is 1620 g/mol. The van der Waals surface area contributed by atoms with E-state index in [0.717, 1.165) is 6.08 Å². The van der Waals surface area contributed by atoms with Crippen molar-refractivity contribution in [2.24, 2.45) is 21.6 Å². The lowest BCUT2D eigenvalue weighted by molar-refractivity contribution is -0.131. The summed E-state index contributed by atoms with van der Waals surface area (Å²) in [7, 11) is 7.18. The minimum absolute atomic E-state index is 0.00711. The number of carbonyl (C=O) groups excluding carboxylic acids is 6. The number of para-hydroxylation sites is 3. The normalized spacial score (nSPS) is 10.3. The molecule has 11 aromatic rings. The number of aliphatic imine (C=N–C) groups is 2. The van der Waals surface area contributed by atoms with E-state index in [1.807, 2.05) is 24.3 Å². The summed E-state index contributed by atoms with van der Waals surface area (Å²) in [5, 5.41) is 37.6. The van der Waals surface area contributed by atoms with Crippen LogP contribution in [0.5, 0.6) is 23.5 Å². The van der Waals surface area contributed by atoms with Gasteiger partial charge in [0.15, 0.2) is 40.0 Å². The molecule has 8 aromatic heterocycles. The van der Waals surface area contributed by atoms with Crippen molar-refractivity contribution >= 4 is 122 Å². The number of Topliss-reactive ketones (excluding diaryl/α,β-unsaturated/α-hetero) is 2. The van der Waals surface area contributed by atoms with Gasteiger partial charge in [0.25, 0.3) is 23.6 Å². The molecule has 0 aliphatic rings. The lowest BCUT2D eigenvalue weighted by Crippen LogP contribution is -2.31. The quantitative estimate of drug-likeness (QED) is 0.00709. The smallest absolute Gasteiger partial charge is 0.338 e. The van der Waals surface area contributed by atoms with Crippen LogP contribution in [0.3, 0.4) is 0 Å². The summed E-state index contributed by atoms with van der Waals surface area (Å²) >= 11 is 23.7. The minimum Gasteiger partial charge on any atom is -0.481 e. The van der Waals surface area contributed by atoms with Crippen LogP contribution >= 0.6 is 46.4 Å². The molecule has 2 amide bonds. The molecule has 0 atom stereocenters. The van der Waals surface area contributed by atoms with Gasteiger partial charge in [0.1, 0.15) is 0 Å². The van der Waals surface area contributed by atoms with Crippen molar-refractivity contribution in [1.29, 1.82) is 0 Å². The van der Waals surface area contributed by atoms with E-state index in [1.54, 1.807) is 94.4 Å². The maximum absolute atomic E-state index is 11.7. The topological polar surface area (TPSA) is 543 Å². The fraction of sp³-hybridized carbons (Fsp3) is 0.171. The van der Waals surface area contributed by atoms with Crippen LogP contribution in [-0.4, -0.2) is 177 Å². The van der Waals surface area contributed by atoms with Crippen molar-refractivity contribution < 1.29 is 90.3 Å². The number of nitrogens with zero attached hydrogens (tertiary/aromatic N) is 14. The number of aromatic nitrogens is 12. The van der Waals surface area contributed by atoms with Gasteiger partial charge in [-0.25, -0.2) is 50.1 Å². The average molecular weight is 1620 g/mol. The number of pyridine rings is 4. The lowest BCUT2D eigenvalue weighted by atomic mass is 10.2. The Balaban J connectivity index is 0.000000272. The van der Waals surface area contributed by atoms with Gasteiger partial charge in [0.2, 0.25) is 35.1 Å². The van der Waals surface area contributed by atoms with E-state index in [2.05, 4.69) is 95.8 Å². The van der Waals surface area contributed by atoms with Gasteiger partial charge >= 0.3 is 29.7 Å². The molecule has 0 saturated heterocycles. The van der Waals surface area contributed by atoms with E-state index in [9.17, 15) is 38.4 Å². The van der Waals surface area contributed by atoms with E-state index in [-0.39, 0.29) is 70.7 Å². The van der Waals surface area contributed by atoms with E-state index < -0.39 is 35.5 Å². The van der Waals surface area contributed by atoms with Crippen molar-refractivity contribution in [2.75, 3.05) is 54.0 Å². The van der Waals surface area contributed by atoms with Gasteiger partial charge in [-0.1, -0.05) is 103 Å². The minimum atomic E-state index is -1.22. The molecule has 38 nitrogen and oxygen atoms in total. The van der Waals surface area contributed by atoms with Gasteiger partial charge in [-0.3, -0.25) is 24.0 Å². The summed E-state index contributed by atoms with van der Waals surface area (Å²) < 4.78 is 42.8. The lowest BCUT2D eigenvalue weighted by Gasteiger charge is -2.04. The fourth-order valence-corrected chi connectivity index (χ4v) is 7.94. The number of hydrazine groups is 1. The molecule has 0 spiro atoms. The number of aliphatic carboxylic acids is 1. The second kappa shape index (κ2) is 48.6. The highest BCUT2D eigenvalue weighted by Gasteiger charge is 2.17. The van der Waals surface area contributed by atoms with Gasteiger partial charge in [0.05, 0.1) is 91.9 Å². The molecule has 8 heterocycles. The molecule has 0 saturated carbocycles. The Hall–Kier alpha value is -13.7. The number of nitrogens with two attached hydrogens (primary N) is 2. The molecule has 0 aliphatic carbocycles. The van der Waals surface area contributed by atoms with Gasteiger partial charge in [-0.05, 0) is 94.4 Å². The summed E-state index contributed by atoms with van der Waals surface area (Å²) in [5.41, 5.74) is 10.7. The van der Waals surface area contributed by atoms with Crippen molar-refractivity contribution in [3.63, 3.8) is 0 Å². The highest BCUT2D eigenvalue weighted by atomic mass is 35.5. The number of carboxylic acid groups (broad SMARTS) is 2. The van der Waals surface area contributed by atoms with Crippen molar-refractivity contribution in [1.82, 2.24) is 71.2 Å². The molecule has 42 heteroatoms. The van der Waals surface area contributed by atoms with Gasteiger partial charge < -0.3 is 73.8 Å². The first-order valence-corrected chi connectivity index (χ1v) is 32.9. The molecule has 0 fully saturated rings. The Morgan fingerprint density at radius 1 is 0.509 bits per heavy atom. The summed E-state index contributed by atoms with van der Waals surface area (Å²) in [6.45, 7) is 7.81. The highest BCUT2D eigenvalue weighted by molar-refractivity contribution is 6.69. The zero-order valence-corrected chi connectivity index (χ0v) is 63.7. The molecule has 0 aliphatic heterocycles. The summed E-state index contributed by atoms with van der Waals surface area (Å²) in [5.74, 6) is 4.94. The number of benzene rings is 3. The Bertz CT molecular complexity index is 4980. The first-order valence-electron chi connectivity index (χ1n) is 31.4. The number of esters is 1. The largest absolute Gasteiger partial charge is 0.481 e. The second-order valence-electron chi connectivity index (χ2n) is 20.6. The first kappa shape index (κ1) is 90.7. The van der Waals surface area contributed by atoms with E-state index in [0.29, 0.717) is 95.8 Å². The number of ketones is 3. The summed E-state index contributed by atoms with van der Waals surface area (Å²) in [6.07, 6.45) is 7.40. The molecule has 3 aromatic carbocycles. The number of aromatic carboxylic acids is 1. The number of anilines is 1. The van der Waals surface area contributed by atoms with Crippen LogP contribution in [0.2, 0.25) is 15.1 Å². The SMILES string of the molecule is CC(=O)c1nc(C)no1.COC(=O)c1ccnc(OC)c1.COc1cc(C(=O)CN)ccn1.COc1cc(C(=O)NCC(=O)/C=C\C(=O)O)ccn1.COc1cc(C(=O)O)ccn1.Cc1noc(C(=Nc2ccccc2Cl)NN)n1.Cc1noc(C(=O)Nc2ccccc2Cl)n1.Cc1noc(C(Cl)=Nc2ccccc2Cl)n1. The van der Waals surface area contributed by atoms with Crippen LogP contribution in [-0.2, 0) is 14.3 Å². The Morgan fingerprint density at radius 2 is 0.920 bits per heavy atom. The number of rotatable bonds is 20. The number of carbonyl (C=O) groups is 8. The van der Waals surface area contributed by atoms with Crippen molar-refractivity contribution in [2.45, 2.75) is 34.6 Å². The maximum Gasteiger partial charge on any atom is 0.338 e. The number of hydrogen-bond acceptors (Lipinski definition) is 33. The zero-order valence-electron chi connectivity index (χ0n) is 60.7. The molecular weight excluding hydrogens is 1550 g/mol. The molecule has 0 bridgehead atoms. The highest BCUT2D eigenvalue weighted by Crippen LogP contribution is 2.27. The Kier molecular flexibility index (Phi) is 39.4. The number of nitrogens with one attached hydrogen (secondary N) is 3. The van der Waals surface area contributed by atoms with Crippen molar-refractivity contribution in [3.05, 3.63) is 242 Å². The predicted octanol–water partition coefficient (Wildman–Crippen LogP) is 9.71. The van der Waals surface area contributed by atoms with Crippen LogP contribution < -0.4 is 46.6 Å². The first-order chi connectivity index (χ1) is 53.5. The number of aryl methyl sites for hydroxylation is 4. The van der Waals surface area contributed by atoms with Crippen LogP contribution in [0.1, 0.15) is 105 Å². The standard InChI is InChI=1S/C12H12N2O5.C10H7Cl2N3O.C10H10ClN5O.C10H8ClN3O2.C8H10N2O2.C8H9NO3.C7H7NO3.C5H6N2O2/c1-19-10-6-8(4-5-13-10)12(18)14-7-9(15)2-3-11(16)17;1-6-13-10(16-15-6)9(12)14-8-5-3-2-4-7(8)11;1-6-13-10(17-16-6)9(15-12)14-8-5-3-2-4-7(8)11;1-6-12-10(16-14-6)9(15)13-8-5-3-2-4-7(8)11;1-12-8-4-6(2-3-10-8)7(11)5-9;1-11-7-5-6(3-4-9-7)8(10)12-2;1-11-6-4-5(7(9)10)2-3-8-6;1-3(8)5-6-4(2)7-9-5/h2-6H,7H2,1H3,(H,14,18)(H,16,17);2-5H,1H3;2-5H,12H2,1H3,(H,14,15);2-5H,1H3,(H,13,15);2-4H,5,9H2,1H3;3-5H,1-2H3;2-4H,1H3,(H,9,10);1-2H3/b3-2-;;;;;;;. The zero-order chi connectivity index (χ0) is 82.7. The third-order valence-corrected chi connectivity index (χ3v) is 13.7. The number of ether oxygens (including phenoxy) is 5. The second-order valence-corrected chi connectivity index (χ2v) is 22.2. The fourth-order valence-electron chi connectivity index (χ4n) is 7.23. The van der Waals surface area contributed by atoms with Gasteiger partial charge in [0, 0.05) is 73.2 Å². The van der Waals surface area contributed by atoms with Gasteiger partial charge in [-0.2, -0.15) is 19.9 Å². The van der Waals surface area contributed by atoms with E-state index in [4.69, 9.17) is 101 Å². The molecule has 586 valence electrons. The van der Waals surface area contributed by atoms with Gasteiger partial charge in [-0.15, -0.1) is 0 Å². The number of amides is 2. The number of methoxy groups -OCH3 is 5. The molecular formula is C70H69Cl4N19O19. The molecule has 9 N–H and O–H groups in total. The van der Waals surface area contributed by atoms with Crippen LogP contribution in [0, 0.1) is 27.7 Å². The number of carboxylic acids is 2. The number of amidine groups is 1. The predicted molar refractivity (Wildman–Crippen MR) is 403 cm³/mol. The Labute approximate surface area is 655 Å². The average Bonchev–Trinajstić information content (AvgIpc) is 1.68. The summed E-state index contributed by atoms with van der Waals surface area (Å²) in [4.78, 5) is 127. The number of halogens is 4. The van der Waals surface area contributed by atoms with E-state index >= 15 is 0 Å². The third kappa shape index (κ3) is 32.8. The molecule has 112 heavy (non-hydrogen) atoms. The number of hydrogen-bond donors (Lipinski definition) is 7. The third-order valence-electron chi connectivity index (χ3n) is 12.4. The molecule has 0 radical (unpaired) electrons. The van der Waals surface area contributed by atoms with Crippen LogP contribution in [0.25, 0.3) is 0 Å². The van der Waals surface area contributed by atoms with Crippen LogP contribution in [0.4, 0.5) is 17.1 Å². The van der Waals surface area contributed by atoms with Crippen LogP contribution in [0.15, 0.2) is 186 Å². The Morgan fingerprint density at radius 3 is 1.34 bits per heavy atom. The molecule has 0 unspecified atom stereocenters. The van der Waals surface area contributed by atoms with Crippen molar-refractivity contribution in [3.8, 4) is 23.5 Å². The maximum atomic E-state index is 11.7. The van der Waals surface area contributed by atoms with E-state index in [1.165, 1.54) is 97.6 Å².